The van der Waals surface area contributed by atoms with Gasteiger partial charge in [0, 0.05) is 31.7 Å². The van der Waals surface area contributed by atoms with E-state index >= 15 is 0 Å². The first-order valence-electron chi connectivity index (χ1n) is 8.11. The Morgan fingerprint density at radius 2 is 2.30 bits per heavy atom. The van der Waals surface area contributed by atoms with Crippen molar-refractivity contribution >= 4 is 11.8 Å². The van der Waals surface area contributed by atoms with Crippen molar-refractivity contribution < 1.29 is 14.7 Å². The first-order chi connectivity index (χ1) is 11.1. The number of likely N-dealkylation sites (tertiary alicyclic amines) is 1. The molecular formula is C17H23N3O3. The highest BCUT2D eigenvalue weighted by molar-refractivity contribution is 5.95. The molecule has 4 N–H and O–H groups in total. The van der Waals surface area contributed by atoms with Gasteiger partial charge in [0.2, 0.25) is 5.91 Å². The Balaban J connectivity index is 1.83. The van der Waals surface area contributed by atoms with E-state index in [9.17, 15) is 14.7 Å². The number of aliphatic hydroxyl groups is 1. The van der Waals surface area contributed by atoms with Gasteiger partial charge in [-0.15, -0.1) is 0 Å². The van der Waals surface area contributed by atoms with Crippen LogP contribution in [-0.4, -0.2) is 47.6 Å². The summed E-state index contributed by atoms with van der Waals surface area (Å²) in [5.41, 5.74) is 6.25. The number of carbonyl (C=O) groups is 2. The van der Waals surface area contributed by atoms with E-state index in [2.05, 4.69) is 5.32 Å². The smallest absolute Gasteiger partial charge is 0.253 e. The van der Waals surface area contributed by atoms with Crippen LogP contribution < -0.4 is 11.1 Å². The first-order valence-corrected chi connectivity index (χ1v) is 8.11. The molecule has 6 heteroatoms. The third-order valence-electron chi connectivity index (χ3n) is 5.02. The van der Waals surface area contributed by atoms with Gasteiger partial charge in [0.05, 0.1) is 11.5 Å². The second-order valence-electron chi connectivity index (χ2n) is 6.45. The van der Waals surface area contributed by atoms with Gasteiger partial charge in [-0.25, -0.2) is 0 Å². The van der Waals surface area contributed by atoms with Gasteiger partial charge in [-0.2, -0.15) is 0 Å². The zero-order valence-corrected chi connectivity index (χ0v) is 13.1. The molecule has 0 aliphatic carbocycles. The van der Waals surface area contributed by atoms with Gasteiger partial charge in [0.1, 0.15) is 0 Å². The second kappa shape index (κ2) is 6.29. The summed E-state index contributed by atoms with van der Waals surface area (Å²) in [5, 5.41) is 13.2. The summed E-state index contributed by atoms with van der Waals surface area (Å²) in [5.74, 6) is -0.241. The highest BCUT2D eigenvalue weighted by Crippen LogP contribution is 2.37. The number of hydrogen-bond acceptors (Lipinski definition) is 4. The number of nitrogens with one attached hydrogen (secondary N) is 1. The van der Waals surface area contributed by atoms with E-state index in [0.717, 1.165) is 12.0 Å². The molecule has 2 saturated heterocycles. The van der Waals surface area contributed by atoms with E-state index in [4.69, 9.17) is 5.73 Å². The largest absolute Gasteiger partial charge is 0.392 e. The summed E-state index contributed by atoms with van der Waals surface area (Å²) in [7, 11) is 0. The molecule has 1 spiro atoms. The standard InChI is InChI=1S/C17H23N3O3/c18-10-12-3-1-4-13(9-12)15(22)20-8-5-14(21)17(11-20)6-2-7-19-16(17)23/h1,3-4,9,14,21H,2,5-8,10-11,18H2,(H,19,23)/t14-,17+/m0/s1. The molecule has 0 aromatic heterocycles. The molecule has 2 aliphatic rings. The van der Waals surface area contributed by atoms with Crippen LogP contribution in [-0.2, 0) is 11.3 Å². The molecule has 3 rings (SSSR count). The van der Waals surface area contributed by atoms with Crippen LogP contribution in [0, 0.1) is 5.41 Å². The average molecular weight is 317 g/mol. The van der Waals surface area contributed by atoms with E-state index in [1.807, 2.05) is 12.1 Å². The van der Waals surface area contributed by atoms with Crippen LogP contribution in [0.25, 0.3) is 0 Å². The van der Waals surface area contributed by atoms with Crippen LogP contribution in [0.1, 0.15) is 35.2 Å². The molecular weight excluding hydrogens is 294 g/mol. The van der Waals surface area contributed by atoms with Gasteiger partial charge < -0.3 is 21.1 Å². The normalized spacial score (nSPS) is 27.8. The molecule has 124 valence electrons. The third kappa shape index (κ3) is 2.84. The zero-order chi connectivity index (χ0) is 16.4. The van der Waals surface area contributed by atoms with Gasteiger partial charge >= 0.3 is 0 Å². The fraction of sp³-hybridized carbons (Fsp3) is 0.529. The summed E-state index contributed by atoms with van der Waals surface area (Å²) in [6, 6.07) is 7.26. The molecule has 2 heterocycles. The van der Waals surface area contributed by atoms with E-state index in [0.29, 0.717) is 38.0 Å². The van der Waals surface area contributed by atoms with Gasteiger partial charge in [-0.1, -0.05) is 12.1 Å². The first kappa shape index (κ1) is 16.0. The molecule has 0 unspecified atom stereocenters. The van der Waals surface area contributed by atoms with Crippen LogP contribution in [0.15, 0.2) is 24.3 Å². The molecule has 23 heavy (non-hydrogen) atoms. The summed E-state index contributed by atoms with van der Waals surface area (Å²) in [6.07, 6.45) is 1.18. The minimum absolute atomic E-state index is 0.107. The molecule has 0 radical (unpaired) electrons. The lowest BCUT2D eigenvalue weighted by Crippen LogP contribution is -2.62. The van der Waals surface area contributed by atoms with Gasteiger partial charge in [-0.05, 0) is 37.0 Å². The summed E-state index contributed by atoms with van der Waals surface area (Å²) in [6.45, 7) is 1.75. The van der Waals surface area contributed by atoms with Crippen LogP contribution >= 0.6 is 0 Å². The number of piperidine rings is 2. The van der Waals surface area contributed by atoms with E-state index in [1.54, 1.807) is 17.0 Å². The molecule has 2 amide bonds. The van der Waals surface area contributed by atoms with Crippen molar-refractivity contribution in [3.63, 3.8) is 0 Å². The monoisotopic (exact) mass is 317 g/mol. The lowest BCUT2D eigenvalue weighted by Gasteiger charge is -2.46. The van der Waals surface area contributed by atoms with E-state index in [1.165, 1.54) is 0 Å². The Hall–Kier alpha value is -1.92. The number of benzene rings is 1. The lowest BCUT2D eigenvalue weighted by atomic mass is 9.71. The molecule has 2 aliphatic heterocycles. The lowest BCUT2D eigenvalue weighted by molar-refractivity contribution is -0.147. The highest BCUT2D eigenvalue weighted by Gasteiger charge is 2.50. The SMILES string of the molecule is NCc1cccc(C(=O)N2CC[C@H](O)[C@@]3(CCCNC3=O)C2)c1. The van der Waals surface area contributed by atoms with Crippen molar-refractivity contribution in [2.24, 2.45) is 11.1 Å². The fourth-order valence-corrected chi connectivity index (χ4v) is 3.63. The second-order valence-corrected chi connectivity index (χ2v) is 6.45. The summed E-state index contributed by atoms with van der Waals surface area (Å²) < 4.78 is 0. The number of hydrogen-bond donors (Lipinski definition) is 3. The summed E-state index contributed by atoms with van der Waals surface area (Å²) >= 11 is 0. The Bertz CT molecular complexity index is 619. The highest BCUT2D eigenvalue weighted by atomic mass is 16.3. The number of aliphatic hydroxyl groups excluding tert-OH is 1. The van der Waals surface area contributed by atoms with Crippen molar-refractivity contribution in [1.29, 1.82) is 0 Å². The molecule has 2 atom stereocenters. The van der Waals surface area contributed by atoms with Crippen molar-refractivity contribution in [2.75, 3.05) is 19.6 Å². The van der Waals surface area contributed by atoms with Gasteiger partial charge in [-0.3, -0.25) is 9.59 Å². The molecule has 0 saturated carbocycles. The Labute approximate surface area is 135 Å². The quantitative estimate of drug-likeness (QED) is 0.728. The fourth-order valence-electron chi connectivity index (χ4n) is 3.63. The van der Waals surface area contributed by atoms with Crippen molar-refractivity contribution in [3.05, 3.63) is 35.4 Å². The topological polar surface area (TPSA) is 95.7 Å². The number of nitrogens with zero attached hydrogens (tertiary/aromatic N) is 1. The molecule has 2 fully saturated rings. The van der Waals surface area contributed by atoms with Crippen molar-refractivity contribution in [3.8, 4) is 0 Å². The van der Waals surface area contributed by atoms with Crippen LogP contribution in [0.5, 0.6) is 0 Å². The maximum Gasteiger partial charge on any atom is 0.253 e. The minimum Gasteiger partial charge on any atom is -0.392 e. The summed E-state index contributed by atoms with van der Waals surface area (Å²) in [4.78, 5) is 26.8. The van der Waals surface area contributed by atoms with Gasteiger partial charge in [0.15, 0.2) is 0 Å². The third-order valence-corrected chi connectivity index (χ3v) is 5.02. The van der Waals surface area contributed by atoms with E-state index < -0.39 is 11.5 Å². The van der Waals surface area contributed by atoms with Gasteiger partial charge in [0.25, 0.3) is 5.91 Å². The Morgan fingerprint density at radius 3 is 3.04 bits per heavy atom. The minimum atomic E-state index is -0.863. The number of rotatable bonds is 2. The number of nitrogens with two attached hydrogens (primary N) is 1. The average Bonchev–Trinajstić information content (AvgIpc) is 2.59. The van der Waals surface area contributed by atoms with Crippen molar-refractivity contribution in [1.82, 2.24) is 10.2 Å². The predicted molar refractivity (Wildman–Crippen MR) is 85.5 cm³/mol. The Morgan fingerprint density at radius 1 is 1.48 bits per heavy atom. The Kier molecular flexibility index (Phi) is 4.37. The zero-order valence-electron chi connectivity index (χ0n) is 13.1. The van der Waals surface area contributed by atoms with Crippen LogP contribution in [0.2, 0.25) is 0 Å². The maximum absolute atomic E-state index is 12.8. The maximum atomic E-state index is 12.8. The molecule has 1 aromatic carbocycles. The number of carbonyl (C=O) groups excluding carboxylic acids is 2. The molecule has 6 nitrogen and oxygen atoms in total. The van der Waals surface area contributed by atoms with Crippen LogP contribution in [0.3, 0.4) is 0 Å². The van der Waals surface area contributed by atoms with Crippen molar-refractivity contribution in [2.45, 2.75) is 31.9 Å². The number of amides is 2. The molecule has 1 aromatic rings. The van der Waals surface area contributed by atoms with Crippen LogP contribution in [0.4, 0.5) is 0 Å². The van der Waals surface area contributed by atoms with E-state index in [-0.39, 0.29) is 18.4 Å². The molecule has 0 bridgehead atoms. The predicted octanol–water partition coefficient (Wildman–Crippen LogP) is 0.249.